The summed E-state index contributed by atoms with van der Waals surface area (Å²) in [4.78, 5) is 20.2. The maximum atomic E-state index is 13.8. The van der Waals surface area contributed by atoms with Gasteiger partial charge in [0, 0.05) is 35.4 Å². The molecule has 4 rings (SSSR count). The van der Waals surface area contributed by atoms with Crippen LogP contribution in [0.15, 0.2) is 65.6 Å². The van der Waals surface area contributed by atoms with Gasteiger partial charge in [-0.2, -0.15) is 17.6 Å². The number of carbonyl (C=O) groups is 1. The lowest BCUT2D eigenvalue weighted by atomic mass is 10.1. The Labute approximate surface area is 229 Å². The fraction of sp³-hybridized carbons (Fsp3) is 0.458. The summed E-state index contributed by atoms with van der Waals surface area (Å²) < 4.78 is 68.8. The lowest BCUT2D eigenvalue weighted by Crippen LogP contribution is -2.69. The first-order chi connectivity index (χ1) is 17.9. The van der Waals surface area contributed by atoms with Crippen molar-refractivity contribution in [1.29, 1.82) is 0 Å². The summed E-state index contributed by atoms with van der Waals surface area (Å²) >= 11 is 7.78. The Hall–Kier alpha value is -1.87. The van der Waals surface area contributed by atoms with Crippen LogP contribution >= 0.6 is 23.5 Å². The van der Waals surface area contributed by atoms with Gasteiger partial charge in [-0.15, -0.1) is 11.8 Å². The maximum absolute atomic E-state index is 13.8. The second-order valence-corrected chi connectivity index (χ2v) is 12.3. The summed E-state index contributed by atoms with van der Waals surface area (Å²) in [5.41, 5.74) is 1.10. The number of nitrogens with zero attached hydrogens (tertiary/aromatic N) is 4. The van der Waals surface area contributed by atoms with Gasteiger partial charge >= 0.3 is 12.1 Å². The minimum Gasteiger partial charge on any atom is -0.342 e. The predicted octanol–water partition coefficient (Wildman–Crippen LogP) is 4.28. The van der Waals surface area contributed by atoms with Crippen LogP contribution < -0.4 is 0 Å². The molecule has 0 spiro atoms. The summed E-state index contributed by atoms with van der Waals surface area (Å²) in [6, 6.07) is 16.5. The van der Waals surface area contributed by atoms with Crippen LogP contribution in [0.1, 0.15) is 24.9 Å². The molecule has 0 aliphatic carbocycles. The fourth-order valence-electron chi connectivity index (χ4n) is 4.78. The number of benzene rings is 2. The van der Waals surface area contributed by atoms with E-state index in [1.165, 1.54) is 36.0 Å². The Morgan fingerprint density at radius 1 is 1.16 bits per heavy atom. The molecule has 208 valence electrons. The number of likely N-dealkylation sites (N-methyl/N-ethyl adjacent to an activating group) is 1. The van der Waals surface area contributed by atoms with E-state index in [1.807, 2.05) is 30.3 Å². The van der Waals surface area contributed by atoms with Gasteiger partial charge in [-0.25, -0.2) is 13.2 Å². The lowest BCUT2D eigenvalue weighted by molar-refractivity contribution is -0.259. The number of halogens is 4. The van der Waals surface area contributed by atoms with Crippen LogP contribution in [0.2, 0.25) is 0 Å². The number of likely N-dealkylation sites (tertiary alicyclic amines) is 1. The minimum absolute atomic E-state index is 0.0582. The van der Waals surface area contributed by atoms with E-state index in [0.717, 1.165) is 9.98 Å². The molecule has 2 aromatic carbocycles. The first-order valence-electron chi connectivity index (χ1n) is 11.8. The summed E-state index contributed by atoms with van der Waals surface area (Å²) in [6.45, 7) is 3.23. The van der Waals surface area contributed by atoms with Gasteiger partial charge in [-0.1, -0.05) is 48.5 Å². The van der Waals surface area contributed by atoms with E-state index in [0.29, 0.717) is 19.5 Å². The topological polar surface area (TPSA) is 73.4 Å². The highest BCUT2D eigenvalue weighted by molar-refractivity contribution is 7.99. The lowest BCUT2D eigenvalue weighted by Gasteiger charge is -2.48. The smallest absolute Gasteiger partial charge is 0.342 e. The Morgan fingerprint density at radius 3 is 2.32 bits per heavy atom. The van der Waals surface area contributed by atoms with Gasteiger partial charge in [-0.05, 0) is 49.9 Å². The van der Waals surface area contributed by atoms with Crippen molar-refractivity contribution >= 4 is 39.5 Å². The van der Waals surface area contributed by atoms with Gasteiger partial charge in [0.2, 0.25) is 5.79 Å². The number of hydrogen-bond acceptors (Lipinski definition) is 8. The Morgan fingerprint density at radius 2 is 1.76 bits per heavy atom. The van der Waals surface area contributed by atoms with Crippen molar-refractivity contribution in [3.8, 4) is 0 Å². The zero-order valence-electron chi connectivity index (χ0n) is 20.7. The molecule has 1 unspecified atom stereocenters. The third-order valence-electron chi connectivity index (χ3n) is 6.98. The average molecular weight is 593 g/mol. The van der Waals surface area contributed by atoms with Crippen molar-refractivity contribution in [3.05, 3.63) is 66.2 Å². The molecule has 0 aromatic heterocycles. The number of hydroxylamine groups is 1. The van der Waals surface area contributed by atoms with Gasteiger partial charge in [-0.3, -0.25) is 9.80 Å². The molecule has 2 saturated heterocycles. The molecule has 0 amide bonds. The van der Waals surface area contributed by atoms with Crippen LogP contribution in [-0.2, 0) is 19.7 Å². The third kappa shape index (κ3) is 5.55. The minimum atomic E-state index is -5.43. The largest absolute Gasteiger partial charge is 0.492 e. The van der Waals surface area contributed by atoms with Gasteiger partial charge in [0.1, 0.15) is 0 Å². The quantitative estimate of drug-likeness (QED) is 0.256. The van der Waals surface area contributed by atoms with Gasteiger partial charge in [0.05, 0.1) is 10.8 Å². The van der Waals surface area contributed by atoms with E-state index in [4.69, 9.17) is 16.6 Å². The summed E-state index contributed by atoms with van der Waals surface area (Å²) in [7, 11) is -3.19. The van der Waals surface area contributed by atoms with Crippen molar-refractivity contribution in [2.45, 2.75) is 42.3 Å². The molecule has 0 N–H and O–H groups in total. The van der Waals surface area contributed by atoms with Gasteiger partial charge in [0.15, 0.2) is 0 Å². The molecule has 0 radical (unpaired) electrons. The summed E-state index contributed by atoms with van der Waals surface area (Å²) in [5, 5.41) is 0. The zero-order valence-corrected chi connectivity index (χ0v) is 23.1. The van der Waals surface area contributed by atoms with E-state index in [9.17, 15) is 26.4 Å². The molecule has 38 heavy (non-hydrogen) atoms. The molecule has 0 bridgehead atoms. The van der Waals surface area contributed by atoms with Gasteiger partial charge in [0.25, 0.3) is 10.0 Å². The molecule has 2 fully saturated rings. The molecular formula is C24H28ClF3N4O4S2. The Balaban J connectivity index is 1.71. The van der Waals surface area contributed by atoms with Crippen LogP contribution in [0.3, 0.4) is 0 Å². The van der Waals surface area contributed by atoms with Crippen LogP contribution in [-0.4, -0.2) is 82.8 Å². The van der Waals surface area contributed by atoms with E-state index < -0.39 is 28.0 Å². The van der Waals surface area contributed by atoms with E-state index in [1.54, 1.807) is 18.0 Å². The number of rotatable bonds is 8. The van der Waals surface area contributed by atoms with Gasteiger partial charge < -0.3 is 4.84 Å². The third-order valence-corrected chi connectivity index (χ3v) is 10.2. The molecule has 3 atom stereocenters. The fourth-order valence-corrected chi connectivity index (χ4v) is 8.18. The Kier molecular flexibility index (Phi) is 8.67. The standard InChI is InChI=1S/C24H28ClF3N4O4S2/c1-18(19-9-5-3-6-10-19)30-14-13-20(15-30)29(2)23(16-37-17-31(23)25)32(36-22(33)24(26,27)28)38(34,35)21-11-7-4-8-12-21/h3-12,18,20H,13-17H2,1-2H3/t18-,20+,23?/m1/s1. The van der Waals surface area contributed by atoms with Crippen molar-refractivity contribution in [2.24, 2.45) is 0 Å². The first-order valence-corrected chi connectivity index (χ1v) is 14.7. The van der Waals surface area contributed by atoms with Crippen molar-refractivity contribution in [2.75, 3.05) is 31.8 Å². The molecule has 2 aliphatic rings. The van der Waals surface area contributed by atoms with Crippen molar-refractivity contribution in [3.63, 3.8) is 0 Å². The SMILES string of the molecule is C[C@H](c1ccccc1)N1CC[C@H](N(C)C2(N(OC(=O)C(F)(F)F)S(=O)(=O)c3ccccc3)CSCN2Cl)C1. The molecule has 2 aromatic rings. The molecule has 14 heteroatoms. The maximum Gasteiger partial charge on any atom is 0.492 e. The number of sulfonamides is 1. The Bertz CT molecular complexity index is 1230. The number of carbonyl (C=O) groups excluding carboxylic acids is 1. The highest BCUT2D eigenvalue weighted by Crippen LogP contribution is 2.43. The number of alkyl halides is 3. The molecular weight excluding hydrogens is 565 g/mol. The van der Waals surface area contributed by atoms with Crippen LogP contribution in [0.5, 0.6) is 0 Å². The molecule has 8 nitrogen and oxygen atoms in total. The van der Waals surface area contributed by atoms with Crippen LogP contribution in [0, 0.1) is 0 Å². The summed E-state index contributed by atoms with van der Waals surface area (Å²) in [6.07, 6.45) is -4.83. The monoisotopic (exact) mass is 592 g/mol. The zero-order chi connectivity index (χ0) is 27.7. The van der Waals surface area contributed by atoms with Crippen molar-refractivity contribution < 1.29 is 31.2 Å². The van der Waals surface area contributed by atoms with Crippen LogP contribution in [0.25, 0.3) is 0 Å². The second kappa shape index (κ2) is 11.3. The molecule has 0 saturated carbocycles. The second-order valence-electron chi connectivity index (χ2n) is 9.17. The van der Waals surface area contributed by atoms with Crippen molar-refractivity contribution in [1.82, 2.24) is 18.7 Å². The van der Waals surface area contributed by atoms with E-state index in [2.05, 4.69) is 11.8 Å². The number of thioether (sulfide) groups is 1. The molecule has 2 aliphatic heterocycles. The average Bonchev–Trinajstić information content (AvgIpc) is 3.54. The highest BCUT2D eigenvalue weighted by atomic mass is 35.5. The van der Waals surface area contributed by atoms with E-state index in [-0.39, 0.29) is 33.1 Å². The first kappa shape index (κ1) is 29.1. The highest BCUT2D eigenvalue weighted by Gasteiger charge is 2.60. The van der Waals surface area contributed by atoms with E-state index >= 15 is 0 Å². The molecule has 2 heterocycles. The summed E-state index contributed by atoms with van der Waals surface area (Å²) in [5.74, 6) is -4.54. The van der Waals surface area contributed by atoms with Crippen LogP contribution in [0.4, 0.5) is 13.2 Å². The normalized spacial score (nSPS) is 24.3. The number of hydrogen-bond donors (Lipinski definition) is 0. The predicted molar refractivity (Wildman–Crippen MR) is 138 cm³/mol.